The van der Waals surface area contributed by atoms with Crippen molar-refractivity contribution < 1.29 is 0 Å². The Labute approximate surface area is 122 Å². The molecule has 2 atom stereocenters. The second-order valence-electron chi connectivity index (χ2n) is 7.12. The molecule has 4 rings (SSSR count). The number of benzene rings is 1. The van der Waals surface area contributed by atoms with Crippen molar-refractivity contribution in [2.45, 2.75) is 51.6 Å². The first-order valence-electron chi connectivity index (χ1n) is 8.37. The van der Waals surface area contributed by atoms with Gasteiger partial charge in [-0.15, -0.1) is 0 Å². The first-order chi connectivity index (χ1) is 9.79. The van der Waals surface area contributed by atoms with E-state index in [0.717, 1.165) is 24.4 Å². The fraction of sp³-hybridized carbons (Fsp3) is 0.667. The quantitative estimate of drug-likeness (QED) is 0.901. The van der Waals surface area contributed by atoms with E-state index in [9.17, 15) is 0 Å². The molecule has 2 aliphatic carbocycles. The lowest BCUT2D eigenvalue weighted by molar-refractivity contribution is 0.494. The van der Waals surface area contributed by atoms with Gasteiger partial charge in [0.15, 0.2) is 0 Å². The number of nitrogens with one attached hydrogen (secondary N) is 1. The summed E-state index contributed by atoms with van der Waals surface area (Å²) in [6, 6.07) is 7.89. The molecular weight excluding hydrogens is 244 g/mol. The molecule has 0 spiro atoms. The van der Waals surface area contributed by atoms with Crippen LogP contribution in [0.15, 0.2) is 18.2 Å². The molecule has 2 heteroatoms. The Morgan fingerprint density at radius 2 is 1.85 bits per heavy atom. The molecule has 2 saturated carbocycles. The lowest BCUT2D eigenvalue weighted by Gasteiger charge is -2.21. The first-order valence-corrected chi connectivity index (χ1v) is 8.37. The molecule has 0 amide bonds. The third kappa shape index (κ3) is 2.46. The average Bonchev–Trinajstić information content (AvgIpc) is 3.01. The van der Waals surface area contributed by atoms with Crippen LogP contribution < -0.4 is 10.2 Å². The zero-order chi connectivity index (χ0) is 13.5. The van der Waals surface area contributed by atoms with Crippen LogP contribution in [0.4, 0.5) is 5.69 Å². The van der Waals surface area contributed by atoms with Gasteiger partial charge >= 0.3 is 0 Å². The zero-order valence-electron chi connectivity index (χ0n) is 12.6. The van der Waals surface area contributed by atoms with Gasteiger partial charge in [0.25, 0.3) is 0 Å². The Morgan fingerprint density at radius 3 is 2.50 bits per heavy atom. The van der Waals surface area contributed by atoms with Gasteiger partial charge in [-0.05, 0) is 67.7 Å². The van der Waals surface area contributed by atoms with Crippen LogP contribution in [0.2, 0.25) is 0 Å². The van der Waals surface area contributed by atoms with Crippen molar-refractivity contribution in [3.8, 4) is 0 Å². The van der Waals surface area contributed by atoms with E-state index in [-0.39, 0.29) is 0 Å². The van der Waals surface area contributed by atoms with E-state index in [4.69, 9.17) is 0 Å². The summed E-state index contributed by atoms with van der Waals surface area (Å²) in [4.78, 5) is 2.62. The highest BCUT2D eigenvalue weighted by atomic mass is 15.2. The molecule has 2 nitrogen and oxygen atoms in total. The molecule has 2 unspecified atom stereocenters. The lowest BCUT2D eigenvalue weighted by Crippen LogP contribution is -2.21. The Kier molecular flexibility index (Phi) is 3.22. The largest absolute Gasteiger partial charge is 0.371 e. The second-order valence-corrected chi connectivity index (χ2v) is 7.12. The predicted octanol–water partition coefficient (Wildman–Crippen LogP) is 3.48. The maximum atomic E-state index is 3.62. The van der Waals surface area contributed by atoms with Crippen LogP contribution in [0.3, 0.4) is 0 Å². The summed E-state index contributed by atoms with van der Waals surface area (Å²) in [5.41, 5.74) is 4.37. The number of hydrogen-bond donors (Lipinski definition) is 1. The Bertz CT molecular complexity index is 480. The summed E-state index contributed by atoms with van der Waals surface area (Å²) in [7, 11) is 0. The fourth-order valence-corrected chi connectivity index (χ4v) is 4.06. The molecule has 1 saturated heterocycles. The molecule has 3 fully saturated rings. The molecule has 1 aromatic rings. The van der Waals surface area contributed by atoms with E-state index < -0.39 is 0 Å². The summed E-state index contributed by atoms with van der Waals surface area (Å²) in [5, 5.41) is 3.62. The number of fused-ring (bicyclic) bond motifs is 1. The predicted molar refractivity (Wildman–Crippen MR) is 84.1 cm³/mol. The van der Waals surface area contributed by atoms with Gasteiger partial charge in [0, 0.05) is 31.4 Å². The number of anilines is 1. The van der Waals surface area contributed by atoms with E-state index in [1.807, 2.05) is 0 Å². The molecule has 0 aromatic heterocycles. The first kappa shape index (κ1) is 12.7. The van der Waals surface area contributed by atoms with Crippen LogP contribution in [0.5, 0.6) is 0 Å². The van der Waals surface area contributed by atoms with Crippen LogP contribution in [0, 0.1) is 18.8 Å². The highest BCUT2D eigenvalue weighted by Crippen LogP contribution is 2.39. The van der Waals surface area contributed by atoms with E-state index in [1.54, 1.807) is 0 Å². The minimum Gasteiger partial charge on any atom is -0.371 e. The van der Waals surface area contributed by atoms with Gasteiger partial charge in [0.1, 0.15) is 0 Å². The van der Waals surface area contributed by atoms with Crippen molar-refractivity contribution in [2.24, 2.45) is 11.8 Å². The maximum Gasteiger partial charge on any atom is 0.0369 e. The third-order valence-electron chi connectivity index (χ3n) is 5.58. The SMILES string of the molecule is Cc1cc(N2CC3CCCC3C2)ccc1CNC1CC1. The van der Waals surface area contributed by atoms with Crippen molar-refractivity contribution in [1.82, 2.24) is 5.32 Å². The Balaban J connectivity index is 1.44. The normalized spacial score (nSPS) is 28.9. The van der Waals surface area contributed by atoms with Gasteiger partial charge in [-0.3, -0.25) is 0 Å². The van der Waals surface area contributed by atoms with Crippen LogP contribution >= 0.6 is 0 Å². The van der Waals surface area contributed by atoms with E-state index >= 15 is 0 Å². The fourth-order valence-electron chi connectivity index (χ4n) is 4.06. The maximum absolute atomic E-state index is 3.62. The molecule has 1 aromatic carbocycles. The third-order valence-corrected chi connectivity index (χ3v) is 5.58. The second kappa shape index (κ2) is 5.07. The lowest BCUT2D eigenvalue weighted by atomic mass is 10.0. The molecular formula is C18H26N2. The summed E-state index contributed by atoms with van der Waals surface area (Å²) in [5.74, 6) is 1.96. The average molecular weight is 270 g/mol. The van der Waals surface area contributed by atoms with Crippen LogP contribution in [0.25, 0.3) is 0 Å². The molecule has 1 aliphatic heterocycles. The monoisotopic (exact) mass is 270 g/mol. The number of aryl methyl sites for hydroxylation is 1. The summed E-state index contributed by atoms with van der Waals surface area (Å²) < 4.78 is 0. The number of nitrogens with zero attached hydrogens (tertiary/aromatic N) is 1. The van der Waals surface area contributed by atoms with Gasteiger partial charge in [-0.1, -0.05) is 12.5 Å². The molecule has 3 aliphatic rings. The smallest absolute Gasteiger partial charge is 0.0369 e. The molecule has 108 valence electrons. The zero-order valence-corrected chi connectivity index (χ0v) is 12.6. The van der Waals surface area contributed by atoms with Gasteiger partial charge in [0.2, 0.25) is 0 Å². The van der Waals surface area contributed by atoms with Crippen molar-refractivity contribution in [2.75, 3.05) is 18.0 Å². The van der Waals surface area contributed by atoms with Crippen LogP contribution in [0.1, 0.15) is 43.2 Å². The minimum absolute atomic E-state index is 0.798. The Hall–Kier alpha value is -1.02. The molecule has 0 radical (unpaired) electrons. The molecule has 20 heavy (non-hydrogen) atoms. The van der Waals surface area contributed by atoms with Gasteiger partial charge in [-0.2, -0.15) is 0 Å². The topological polar surface area (TPSA) is 15.3 Å². The molecule has 0 bridgehead atoms. The van der Waals surface area contributed by atoms with Crippen molar-refractivity contribution in [3.05, 3.63) is 29.3 Å². The van der Waals surface area contributed by atoms with E-state index in [2.05, 4.69) is 35.3 Å². The van der Waals surface area contributed by atoms with Crippen LogP contribution in [-0.2, 0) is 6.54 Å². The van der Waals surface area contributed by atoms with E-state index in [0.29, 0.717) is 0 Å². The standard InChI is InChI=1S/C18H26N2/c1-13-9-18(8-5-14(13)10-19-17-6-7-17)20-11-15-3-2-4-16(15)12-20/h5,8-9,15-17,19H,2-4,6-7,10-12H2,1H3. The molecule has 1 heterocycles. The summed E-state index contributed by atoms with van der Waals surface area (Å²) in [6.07, 6.45) is 7.13. The highest BCUT2D eigenvalue weighted by Gasteiger charge is 2.36. The van der Waals surface area contributed by atoms with Crippen molar-refractivity contribution in [1.29, 1.82) is 0 Å². The minimum atomic E-state index is 0.798. The van der Waals surface area contributed by atoms with Crippen molar-refractivity contribution in [3.63, 3.8) is 0 Å². The van der Waals surface area contributed by atoms with Crippen LogP contribution in [-0.4, -0.2) is 19.1 Å². The summed E-state index contributed by atoms with van der Waals surface area (Å²) in [6.45, 7) is 5.90. The van der Waals surface area contributed by atoms with Gasteiger partial charge in [0.05, 0.1) is 0 Å². The van der Waals surface area contributed by atoms with Gasteiger partial charge in [-0.25, -0.2) is 0 Å². The van der Waals surface area contributed by atoms with Crippen molar-refractivity contribution >= 4 is 5.69 Å². The van der Waals surface area contributed by atoms with Gasteiger partial charge < -0.3 is 10.2 Å². The highest BCUT2D eigenvalue weighted by molar-refractivity contribution is 5.52. The molecule has 1 N–H and O–H groups in total. The number of rotatable bonds is 4. The summed E-state index contributed by atoms with van der Waals surface area (Å²) >= 11 is 0. The van der Waals surface area contributed by atoms with E-state index in [1.165, 1.54) is 62.0 Å². The Morgan fingerprint density at radius 1 is 1.10 bits per heavy atom. The number of hydrogen-bond acceptors (Lipinski definition) is 2.